The molecule has 0 aromatic heterocycles. The predicted molar refractivity (Wildman–Crippen MR) is 58.9 cm³/mol. The van der Waals surface area contributed by atoms with E-state index in [1.807, 2.05) is 12.1 Å². The van der Waals surface area contributed by atoms with Crippen LogP contribution in [0.2, 0.25) is 0 Å². The zero-order chi connectivity index (χ0) is 10.8. The minimum Gasteiger partial charge on any atom is -0.328 e. The van der Waals surface area contributed by atoms with Crippen LogP contribution in [0.1, 0.15) is 31.4 Å². The summed E-state index contributed by atoms with van der Waals surface area (Å²) in [6.45, 7) is 2.09. The van der Waals surface area contributed by atoms with E-state index >= 15 is 0 Å². The van der Waals surface area contributed by atoms with Crippen molar-refractivity contribution in [3.63, 3.8) is 0 Å². The van der Waals surface area contributed by atoms with Gasteiger partial charge in [-0.15, -0.1) is 0 Å². The van der Waals surface area contributed by atoms with Crippen LogP contribution in [-0.4, -0.2) is 12.1 Å². The highest BCUT2D eigenvalue weighted by atomic mass is 19.1. The maximum absolute atomic E-state index is 13.5. The summed E-state index contributed by atoms with van der Waals surface area (Å²) < 4.78 is 13.5. The third kappa shape index (κ3) is 2.36. The Morgan fingerprint density at radius 3 is 2.73 bits per heavy atom. The van der Waals surface area contributed by atoms with Crippen molar-refractivity contribution in [2.45, 2.75) is 37.9 Å². The smallest absolute Gasteiger partial charge is 0.127 e. The highest BCUT2D eigenvalue weighted by Gasteiger charge is 2.25. The van der Waals surface area contributed by atoms with Crippen molar-refractivity contribution < 1.29 is 4.39 Å². The Bertz CT molecular complexity index is 330. The molecule has 0 radical (unpaired) electrons. The zero-order valence-electron chi connectivity index (χ0n) is 8.91. The fourth-order valence-electron chi connectivity index (χ4n) is 2.31. The second-order valence-electron chi connectivity index (χ2n) is 4.37. The summed E-state index contributed by atoms with van der Waals surface area (Å²) >= 11 is 0. The van der Waals surface area contributed by atoms with Gasteiger partial charge in [0.25, 0.3) is 0 Å². The van der Waals surface area contributed by atoms with E-state index in [0.717, 1.165) is 18.4 Å². The van der Waals surface area contributed by atoms with E-state index < -0.39 is 0 Å². The normalized spacial score (nSPS) is 31.5. The average molecular weight is 208 g/mol. The maximum Gasteiger partial charge on any atom is 0.127 e. The van der Waals surface area contributed by atoms with Crippen LogP contribution < -0.4 is 11.1 Å². The van der Waals surface area contributed by atoms with Gasteiger partial charge >= 0.3 is 0 Å². The number of hydrogen-bond donors (Lipinski definition) is 2. The Labute approximate surface area is 89.7 Å². The van der Waals surface area contributed by atoms with Gasteiger partial charge < -0.3 is 11.1 Å². The van der Waals surface area contributed by atoms with Crippen molar-refractivity contribution in [2.75, 3.05) is 0 Å². The Hall–Kier alpha value is -0.930. The molecule has 1 aliphatic heterocycles. The molecule has 1 aromatic carbocycles. The molecule has 2 rings (SSSR count). The summed E-state index contributed by atoms with van der Waals surface area (Å²) in [5.41, 5.74) is 6.68. The first-order valence-electron chi connectivity index (χ1n) is 5.43. The molecule has 0 bridgehead atoms. The van der Waals surface area contributed by atoms with E-state index in [4.69, 9.17) is 5.73 Å². The molecule has 1 saturated heterocycles. The summed E-state index contributed by atoms with van der Waals surface area (Å²) in [7, 11) is 0. The minimum atomic E-state index is -0.142. The van der Waals surface area contributed by atoms with Crippen LogP contribution in [-0.2, 0) is 0 Å². The minimum absolute atomic E-state index is 0.0601. The van der Waals surface area contributed by atoms with Crippen molar-refractivity contribution in [2.24, 2.45) is 5.73 Å². The second kappa shape index (κ2) is 4.29. The monoisotopic (exact) mass is 208 g/mol. The first-order valence-corrected chi connectivity index (χ1v) is 5.43. The number of piperidine rings is 1. The molecule has 1 heterocycles. The molecule has 1 aromatic rings. The highest BCUT2D eigenvalue weighted by Crippen LogP contribution is 2.26. The molecule has 3 heteroatoms. The second-order valence-corrected chi connectivity index (χ2v) is 4.37. The number of hydrogen-bond acceptors (Lipinski definition) is 2. The van der Waals surface area contributed by atoms with Crippen molar-refractivity contribution in [1.82, 2.24) is 5.32 Å². The summed E-state index contributed by atoms with van der Waals surface area (Å²) in [5, 5.41) is 3.38. The number of halogens is 1. The lowest BCUT2D eigenvalue weighted by Crippen LogP contribution is -2.44. The Morgan fingerprint density at radius 2 is 2.07 bits per heavy atom. The van der Waals surface area contributed by atoms with Gasteiger partial charge in [-0.1, -0.05) is 18.2 Å². The Morgan fingerprint density at radius 1 is 1.33 bits per heavy atom. The summed E-state index contributed by atoms with van der Waals surface area (Å²) in [4.78, 5) is 0. The van der Waals surface area contributed by atoms with Crippen molar-refractivity contribution >= 4 is 0 Å². The number of rotatable bonds is 1. The van der Waals surface area contributed by atoms with Gasteiger partial charge in [-0.3, -0.25) is 0 Å². The maximum atomic E-state index is 13.5. The quantitative estimate of drug-likeness (QED) is 0.740. The van der Waals surface area contributed by atoms with Crippen molar-refractivity contribution in [3.05, 3.63) is 35.6 Å². The molecule has 2 nitrogen and oxygen atoms in total. The van der Waals surface area contributed by atoms with Crippen LogP contribution in [0.3, 0.4) is 0 Å². The third-order valence-corrected chi connectivity index (χ3v) is 2.96. The van der Waals surface area contributed by atoms with Crippen molar-refractivity contribution in [1.29, 1.82) is 0 Å². The van der Waals surface area contributed by atoms with Crippen LogP contribution in [0.15, 0.2) is 24.3 Å². The van der Waals surface area contributed by atoms with E-state index in [2.05, 4.69) is 12.2 Å². The summed E-state index contributed by atoms with van der Waals surface area (Å²) in [6, 6.07) is 7.50. The molecule has 1 aliphatic rings. The molecular formula is C12H17FN2. The molecule has 1 fully saturated rings. The molecule has 3 atom stereocenters. The largest absolute Gasteiger partial charge is 0.328 e. The van der Waals surface area contributed by atoms with Gasteiger partial charge in [0.1, 0.15) is 5.82 Å². The molecule has 0 saturated carbocycles. The van der Waals surface area contributed by atoms with Crippen LogP contribution in [0.4, 0.5) is 4.39 Å². The SMILES string of the molecule is C[C@H]1C[C@H](N)C[C@@H](c2ccccc2F)N1. The fourth-order valence-corrected chi connectivity index (χ4v) is 2.31. The van der Waals surface area contributed by atoms with Crippen molar-refractivity contribution in [3.8, 4) is 0 Å². The van der Waals surface area contributed by atoms with E-state index in [1.165, 1.54) is 6.07 Å². The Balaban J connectivity index is 2.20. The lowest BCUT2D eigenvalue weighted by atomic mass is 9.90. The molecular weight excluding hydrogens is 191 g/mol. The van der Waals surface area contributed by atoms with Crippen LogP contribution >= 0.6 is 0 Å². The Kier molecular flexibility index (Phi) is 3.03. The van der Waals surface area contributed by atoms with E-state index in [9.17, 15) is 4.39 Å². The summed E-state index contributed by atoms with van der Waals surface area (Å²) in [6.07, 6.45) is 1.77. The third-order valence-electron chi connectivity index (χ3n) is 2.96. The predicted octanol–water partition coefficient (Wildman–Crippen LogP) is 1.97. The standard InChI is InChI=1S/C12H17FN2/c1-8-6-9(14)7-12(15-8)10-4-2-3-5-11(10)13/h2-5,8-9,12,15H,6-7,14H2,1H3/t8-,9-,12-/m0/s1. The first kappa shape index (κ1) is 10.6. The van der Waals surface area contributed by atoms with E-state index in [-0.39, 0.29) is 17.9 Å². The fraction of sp³-hybridized carbons (Fsp3) is 0.500. The number of nitrogens with two attached hydrogens (primary N) is 1. The zero-order valence-corrected chi connectivity index (χ0v) is 8.91. The molecule has 15 heavy (non-hydrogen) atoms. The number of benzene rings is 1. The van der Waals surface area contributed by atoms with Crippen LogP contribution in [0, 0.1) is 5.82 Å². The molecule has 82 valence electrons. The molecule has 0 spiro atoms. The lowest BCUT2D eigenvalue weighted by Gasteiger charge is -2.33. The molecule has 3 N–H and O–H groups in total. The molecule has 0 aliphatic carbocycles. The van der Waals surface area contributed by atoms with Gasteiger partial charge in [-0.05, 0) is 25.8 Å². The van der Waals surface area contributed by atoms with Gasteiger partial charge in [0, 0.05) is 23.7 Å². The highest BCUT2D eigenvalue weighted by molar-refractivity contribution is 5.22. The summed E-state index contributed by atoms with van der Waals surface area (Å²) in [5.74, 6) is -0.142. The number of nitrogens with one attached hydrogen (secondary N) is 1. The van der Waals surface area contributed by atoms with Gasteiger partial charge in [0.2, 0.25) is 0 Å². The van der Waals surface area contributed by atoms with Gasteiger partial charge in [-0.2, -0.15) is 0 Å². The van der Waals surface area contributed by atoms with Crippen LogP contribution in [0.5, 0.6) is 0 Å². The molecule has 0 amide bonds. The van der Waals surface area contributed by atoms with E-state index in [0.29, 0.717) is 6.04 Å². The van der Waals surface area contributed by atoms with Gasteiger partial charge in [0.15, 0.2) is 0 Å². The van der Waals surface area contributed by atoms with E-state index in [1.54, 1.807) is 6.07 Å². The van der Waals surface area contributed by atoms with Crippen LogP contribution in [0.25, 0.3) is 0 Å². The molecule has 0 unspecified atom stereocenters. The van der Waals surface area contributed by atoms with Gasteiger partial charge in [-0.25, -0.2) is 4.39 Å². The topological polar surface area (TPSA) is 38.0 Å². The average Bonchev–Trinajstić information content (AvgIpc) is 2.16. The van der Waals surface area contributed by atoms with Gasteiger partial charge in [0.05, 0.1) is 0 Å². The lowest BCUT2D eigenvalue weighted by molar-refractivity contribution is 0.302. The first-order chi connectivity index (χ1) is 7.16.